The molecule has 0 fully saturated rings. The normalized spacial score (nSPS) is 14.3. The summed E-state index contributed by atoms with van der Waals surface area (Å²) in [6.07, 6.45) is 1.78. The number of nitrogens with zero attached hydrogens (tertiary/aromatic N) is 1. The molecule has 0 amide bonds. The highest BCUT2D eigenvalue weighted by Gasteiger charge is 2.06. The van der Waals surface area contributed by atoms with Gasteiger partial charge in [-0.2, -0.15) is 4.40 Å². The highest BCUT2D eigenvalue weighted by molar-refractivity contribution is 7.83. The van der Waals surface area contributed by atoms with E-state index in [9.17, 15) is 4.21 Å². The van der Waals surface area contributed by atoms with E-state index in [4.69, 9.17) is 0 Å². The van der Waals surface area contributed by atoms with Crippen LogP contribution in [0.2, 0.25) is 0 Å². The number of hydrogen-bond acceptors (Lipinski definition) is 1. The third kappa shape index (κ3) is 3.64. The van der Waals surface area contributed by atoms with Gasteiger partial charge in [0.1, 0.15) is 0 Å². The van der Waals surface area contributed by atoms with E-state index in [1.165, 1.54) is 11.1 Å². The minimum Gasteiger partial charge on any atom is -0.230 e. The lowest BCUT2D eigenvalue weighted by atomic mass is 9.98. The van der Waals surface area contributed by atoms with E-state index in [-0.39, 0.29) is 5.92 Å². The summed E-state index contributed by atoms with van der Waals surface area (Å²) in [7, 11) is -1.32. The lowest BCUT2D eigenvalue weighted by Crippen LogP contribution is -1.99. The van der Waals surface area contributed by atoms with Crippen LogP contribution in [0.1, 0.15) is 29.5 Å². The third-order valence-corrected chi connectivity index (χ3v) is 4.27. The Hall–Kier alpha value is -1.74. The molecule has 1 unspecified atom stereocenters. The first-order chi connectivity index (χ1) is 9.58. The second kappa shape index (κ2) is 6.62. The van der Waals surface area contributed by atoms with Crippen molar-refractivity contribution < 1.29 is 4.21 Å². The summed E-state index contributed by atoms with van der Waals surface area (Å²) in [5, 5.41) is 0. The van der Waals surface area contributed by atoms with Crippen LogP contribution in [0.3, 0.4) is 0 Å². The molecule has 2 nitrogen and oxygen atoms in total. The van der Waals surface area contributed by atoms with Crippen LogP contribution in [0.5, 0.6) is 0 Å². The van der Waals surface area contributed by atoms with Gasteiger partial charge >= 0.3 is 0 Å². The van der Waals surface area contributed by atoms with Gasteiger partial charge in [0.05, 0.1) is 4.90 Å². The van der Waals surface area contributed by atoms with Gasteiger partial charge in [0.2, 0.25) is 0 Å². The lowest BCUT2D eigenvalue weighted by Gasteiger charge is -2.09. The van der Waals surface area contributed by atoms with Crippen LogP contribution in [-0.4, -0.2) is 10.4 Å². The second-order valence-electron chi connectivity index (χ2n) is 4.96. The Morgan fingerprint density at radius 3 is 2.35 bits per heavy atom. The molecule has 0 aromatic heterocycles. The molecule has 20 heavy (non-hydrogen) atoms. The maximum atomic E-state index is 12.1. The monoisotopic (exact) mass is 285 g/mol. The van der Waals surface area contributed by atoms with E-state index in [2.05, 4.69) is 30.4 Å². The maximum absolute atomic E-state index is 12.1. The highest BCUT2D eigenvalue weighted by atomic mass is 32.2. The molecule has 104 valence electrons. The maximum Gasteiger partial charge on any atom is 0.172 e. The van der Waals surface area contributed by atoms with Crippen LogP contribution in [0.4, 0.5) is 0 Å². The van der Waals surface area contributed by atoms with Crippen molar-refractivity contribution in [2.75, 3.05) is 0 Å². The van der Waals surface area contributed by atoms with E-state index in [0.29, 0.717) is 0 Å². The van der Waals surface area contributed by atoms with Crippen LogP contribution in [0, 0.1) is 13.8 Å². The zero-order valence-corrected chi connectivity index (χ0v) is 12.9. The SMILES string of the molecule is Cc1ccc(S(=O)N=C[C@@H](C)c2ccccc2C)cc1. The van der Waals surface area contributed by atoms with Gasteiger partial charge in [-0.3, -0.25) is 0 Å². The van der Waals surface area contributed by atoms with Crippen LogP contribution in [0.15, 0.2) is 57.8 Å². The summed E-state index contributed by atoms with van der Waals surface area (Å²) >= 11 is 0. The first-order valence-electron chi connectivity index (χ1n) is 6.66. The molecule has 0 heterocycles. The summed E-state index contributed by atoms with van der Waals surface area (Å²) in [5.74, 6) is 0.158. The van der Waals surface area contributed by atoms with Crippen molar-refractivity contribution in [3.8, 4) is 0 Å². The average molecular weight is 285 g/mol. The molecule has 2 aromatic rings. The molecule has 0 bridgehead atoms. The minimum absolute atomic E-state index is 0.158. The summed E-state index contributed by atoms with van der Waals surface area (Å²) in [5.41, 5.74) is 3.60. The van der Waals surface area contributed by atoms with Gasteiger partial charge < -0.3 is 0 Å². The Balaban J connectivity index is 2.11. The Kier molecular flexibility index (Phi) is 4.85. The van der Waals surface area contributed by atoms with E-state index in [1.54, 1.807) is 6.21 Å². The van der Waals surface area contributed by atoms with E-state index in [1.807, 2.05) is 43.3 Å². The molecule has 2 rings (SSSR count). The van der Waals surface area contributed by atoms with Crippen molar-refractivity contribution in [3.05, 3.63) is 65.2 Å². The van der Waals surface area contributed by atoms with Crippen LogP contribution < -0.4 is 0 Å². The Morgan fingerprint density at radius 1 is 1.05 bits per heavy atom. The lowest BCUT2D eigenvalue weighted by molar-refractivity contribution is 0.684. The molecular formula is C17H19NOS. The first-order valence-corrected chi connectivity index (χ1v) is 7.77. The van der Waals surface area contributed by atoms with Gasteiger partial charge in [-0.15, -0.1) is 0 Å². The molecule has 0 aliphatic carbocycles. The zero-order valence-electron chi connectivity index (χ0n) is 12.0. The Bertz CT molecular complexity index is 632. The molecule has 0 N–H and O–H groups in total. The van der Waals surface area contributed by atoms with Gasteiger partial charge in [0.25, 0.3) is 0 Å². The van der Waals surface area contributed by atoms with Gasteiger partial charge in [0, 0.05) is 12.1 Å². The molecule has 0 aliphatic heterocycles. The molecule has 2 atom stereocenters. The molecule has 3 heteroatoms. The zero-order chi connectivity index (χ0) is 14.5. The smallest absolute Gasteiger partial charge is 0.172 e. The topological polar surface area (TPSA) is 29.4 Å². The molecule has 2 aromatic carbocycles. The molecular weight excluding hydrogens is 266 g/mol. The molecule has 0 aliphatic rings. The van der Waals surface area contributed by atoms with Crippen LogP contribution >= 0.6 is 0 Å². The summed E-state index contributed by atoms with van der Waals surface area (Å²) < 4.78 is 16.3. The van der Waals surface area contributed by atoms with Crippen molar-refractivity contribution in [1.82, 2.24) is 0 Å². The van der Waals surface area contributed by atoms with Gasteiger partial charge in [-0.25, -0.2) is 4.21 Å². The minimum atomic E-state index is -1.32. The van der Waals surface area contributed by atoms with Gasteiger partial charge in [-0.1, -0.05) is 48.9 Å². The largest absolute Gasteiger partial charge is 0.230 e. The second-order valence-corrected chi connectivity index (χ2v) is 6.14. The van der Waals surface area contributed by atoms with Gasteiger partial charge in [-0.05, 0) is 37.1 Å². The Labute approximate surface area is 123 Å². The van der Waals surface area contributed by atoms with Crippen molar-refractivity contribution in [2.45, 2.75) is 31.6 Å². The highest BCUT2D eigenvalue weighted by Crippen LogP contribution is 2.18. The number of rotatable bonds is 4. The van der Waals surface area contributed by atoms with E-state index in [0.717, 1.165) is 10.5 Å². The summed E-state index contributed by atoms with van der Waals surface area (Å²) in [4.78, 5) is 0.740. The van der Waals surface area contributed by atoms with Crippen molar-refractivity contribution in [2.24, 2.45) is 4.40 Å². The molecule has 0 saturated heterocycles. The van der Waals surface area contributed by atoms with Crippen LogP contribution in [-0.2, 0) is 11.0 Å². The fourth-order valence-electron chi connectivity index (χ4n) is 2.04. The first kappa shape index (κ1) is 14.7. The number of aryl methyl sites for hydroxylation is 2. The fourth-order valence-corrected chi connectivity index (χ4v) is 2.82. The predicted molar refractivity (Wildman–Crippen MR) is 85.7 cm³/mol. The van der Waals surface area contributed by atoms with E-state index < -0.39 is 11.0 Å². The standard InChI is InChI=1S/C17H19NOS/c1-13-8-10-16(11-9-13)20(19)18-12-15(3)17-7-5-4-6-14(17)2/h4-12,15H,1-3H3/t15-,20?/m1/s1. The third-order valence-electron chi connectivity index (χ3n) is 3.28. The Morgan fingerprint density at radius 2 is 1.70 bits per heavy atom. The quantitative estimate of drug-likeness (QED) is 0.774. The molecule has 0 spiro atoms. The van der Waals surface area contributed by atoms with Crippen LogP contribution in [0.25, 0.3) is 0 Å². The molecule has 0 radical (unpaired) electrons. The van der Waals surface area contributed by atoms with Crippen molar-refractivity contribution >= 4 is 17.2 Å². The summed E-state index contributed by atoms with van der Waals surface area (Å²) in [6.45, 7) is 6.16. The van der Waals surface area contributed by atoms with Gasteiger partial charge in [0.15, 0.2) is 11.0 Å². The van der Waals surface area contributed by atoms with Crippen molar-refractivity contribution in [1.29, 1.82) is 0 Å². The van der Waals surface area contributed by atoms with E-state index >= 15 is 0 Å². The number of hydrogen-bond donors (Lipinski definition) is 0. The summed E-state index contributed by atoms with van der Waals surface area (Å²) in [6, 6.07) is 15.8. The number of benzene rings is 2. The molecule has 0 saturated carbocycles. The van der Waals surface area contributed by atoms with Crippen molar-refractivity contribution in [3.63, 3.8) is 0 Å². The average Bonchev–Trinajstić information content (AvgIpc) is 2.45. The fraction of sp³-hybridized carbons (Fsp3) is 0.235. The predicted octanol–water partition coefficient (Wildman–Crippen LogP) is 4.20.